The Hall–Kier alpha value is -2.68. The third-order valence-corrected chi connectivity index (χ3v) is 4.56. The van der Waals surface area contributed by atoms with E-state index in [1.807, 2.05) is 0 Å². The summed E-state index contributed by atoms with van der Waals surface area (Å²) >= 11 is 1.28. The van der Waals surface area contributed by atoms with Gasteiger partial charge in [0.25, 0.3) is 0 Å². The lowest BCUT2D eigenvalue weighted by Crippen LogP contribution is -2.52. The minimum absolute atomic E-state index is 0.302. The molecule has 1 aromatic rings. The van der Waals surface area contributed by atoms with E-state index in [0.717, 1.165) is 13.8 Å². The van der Waals surface area contributed by atoms with Crippen LogP contribution in [0.1, 0.15) is 32.1 Å². The maximum atomic E-state index is 11.9. The van der Waals surface area contributed by atoms with Crippen molar-refractivity contribution >= 4 is 40.8 Å². The topological polar surface area (TPSA) is 116 Å². The summed E-state index contributed by atoms with van der Waals surface area (Å²) in [5.41, 5.74) is -1.74. The lowest BCUT2D eigenvalue weighted by atomic mass is 9.81. The summed E-state index contributed by atoms with van der Waals surface area (Å²) in [5, 5.41) is 11.5. The predicted octanol–water partition coefficient (Wildman–Crippen LogP) is 1.79. The van der Waals surface area contributed by atoms with Crippen LogP contribution in [-0.2, 0) is 33.4 Å². The average molecular weight is 382 g/mol. The Morgan fingerprint density at radius 3 is 2.23 bits per heavy atom. The third-order valence-electron chi connectivity index (χ3n) is 3.64. The molecule has 1 unspecified atom stereocenters. The van der Waals surface area contributed by atoms with Gasteiger partial charge in [0, 0.05) is 37.6 Å². The molecule has 0 bridgehead atoms. The van der Waals surface area contributed by atoms with Crippen LogP contribution in [0.2, 0.25) is 0 Å². The minimum atomic E-state index is -2.04. The molecule has 1 heterocycles. The Bertz CT molecular complexity index is 751. The smallest absolute Gasteiger partial charge is 0.352 e. The molecule has 1 N–H and O–H groups in total. The molecule has 9 heteroatoms. The van der Waals surface area contributed by atoms with Gasteiger partial charge in [0.05, 0.1) is 0 Å². The van der Waals surface area contributed by atoms with Gasteiger partial charge >= 0.3 is 23.9 Å². The largest absolute Gasteiger partial charge is 0.478 e. The van der Waals surface area contributed by atoms with Gasteiger partial charge in [0.1, 0.15) is 6.10 Å². The number of carboxylic acids is 1. The summed E-state index contributed by atoms with van der Waals surface area (Å²) in [7, 11) is 0. The fourth-order valence-corrected chi connectivity index (χ4v) is 3.58. The molecular weight excluding hydrogens is 364 g/mol. The minimum Gasteiger partial charge on any atom is -0.478 e. The Kier molecular flexibility index (Phi) is 5.81. The number of hydrogen-bond donors (Lipinski definition) is 1. The van der Waals surface area contributed by atoms with Crippen LogP contribution < -0.4 is 0 Å². The maximum Gasteiger partial charge on any atom is 0.352 e. The van der Waals surface area contributed by atoms with E-state index in [2.05, 4.69) is 0 Å². The van der Waals surface area contributed by atoms with E-state index in [9.17, 15) is 24.3 Å². The van der Waals surface area contributed by atoms with E-state index in [1.165, 1.54) is 24.3 Å². The van der Waals surface area contributed by atoms with E-state index in [1.54, 1.807) is 17.5 Å². The first-order valence-corrected chi connectivity index (χ1v) is 8.56. The lowest BCUT2D eigenvalue weighted by Gasteiger charge is -2.38. The predicted molar refractivity (Wildman–Crippen MR) is 90.2 cm³/mol. The number of esters is 3. The van der Waals surface area contributed by atoms with Crippen LogP contribution >= 0.6 is 11.3 Å². The number of carbonyl (C=O) groups excluding carboxylic acids is 3. The van der Waals surface area contributed by atoms with Crippen molar-refractivity contribution in [3.8, 4) is 0 Å². The summed E-state index contributed by atoms with van der Waals surface area (Å²) in [6, 6.07) is 3.43. The Morgan fingerprint density at radius 2 is 1.77 bits per heavy atom. The molecule has 8 nitrogen and oxygen atoms in total. The van der Waals surface area contributed by atoms with Crippen LogP contribution in [0.4, 0.5) is 0 Å². The number of thiophene rings is 1. The number of aliphatic carboxylic acids is 1. The van der Waals surface area contributed by atoms with Gasteiger partial charge in [-0.2, -0.15) is 0 Å². The lowest BCUT2D eigenvalue weighted by molar-refractivity contribution is -0.182. The van der Waals surface area contributed by atoms with Gasteiger partial charge in [-0.25, -0.2) is 4.79 Å². The Balaban J connectivity index is 2.63. The molecule has 0 amide bonds. The molecule has 0 aliphatic heterocycles. The van der Waals surface area contributed by atoms with Crippen LogP contribution in [-0.4, -0.2) is 46.8 Å². The van der Waals surface area contributed by atoms with Gasteiger partial charge in [0.15, 0.2) is 6.10 Å². The molecule has 0 radical (unpaired) electrons. The molecule has 2 rings (SSSR count). The van der Waals surface area contributed by atoms with Gasteiger partial charge in [-0.3, -0.25) is 14.4 Å². The molecule has 3 atom stereocenters. The molecule has 0 saturated heterocycles. The maximum absolute atomic E-state index is 11.9. The number of carboxylic acid groups (broad SMARTS) is 1. The number of ether oxygens (including phenoxy) is 3. The first-order chi connectivity index (χ1) is 12.1. The zero-order valence-corrected chi connectivity index (χ0v) is 15.2. The molecule has 0 aromatic carbocycles. The van der Waals surface area contributed by atoms with Gasteiger partial charge in [-0.05, 0) is 17.5 Å². The highest BCUT2D eigenvalue weighted by Crippen LogP contribution is 2.40. The summed E-state index contributed by atoms with van der Waals surface area (Å²) in [6.07, 6.45) is -1.28. The highest BCUT2D eigenvalue weighted by molar-refractivity contribution is 7.11. The fraction of sp³-hybridized carbons (Fsp3) is 0.412. The second-order valence-corrected chi connectivity index (χ2v) is 6.70. The van der Waals surface area contributed by atoms with Crippen molar-refractivity contribution in [1.82, 2.24) is 0 Å². The van der Waals surface area contributed by atoms with Crippen LogP contribution in [0.15, 0.2) is 23.6 Å². The van der Waals surface area contributed by atoms with Crippen molar-refractivity contribution in [3.05, 3.63) is 28.5 Å². The molecule has 0 spiro atoms. The molecule has 1 aliphatic rings. The Labute approximate surface area is 153 Å². The fourth-order valence-electron chi connectivity index (χ4n) is 2.81. The highest BCUT2D eigenvalue weighted by Gasteiger charge is 2.51. The summed E-state index contributed by atoms with van der Waals surface area (Å²) < 4.78 is 15.6. The molecule has 0 fully saturated rings. The number of hydrogen-bond acceptors (Lipinski definition) is 8. The van der Waals surface area contributed by atoms with Crippen LogP contribution in [0.25, 0.3) is 5.57 Å². The van der Waals surface area contributed by atoms with Crippen LogP contribution in [0.5, 0.6) is 0 Å². The zero-order chi connectivity index (χ0) is 19.5. The molecule has 0 saturated carbocycles. The van der Waals surface area contributed by atoms with Crippen molar-refractivity contribution in [1.29, 1.82) is 0 Å². The van der Waals surface area contributed by atoms with E-state index in [4.69, 9.17) is 14.2 Å². The standard InChI is InChI=1S/C17H18O8S/c1-9(18)23-13-8-17(16(21)22,25-11(3)20)7-12(14-5-4-6-26-14)15(13)24-10(2)19/h4-7,13,15H,8H2,1-3H3,(H,21,22)/t13?,15-,17+/m1/s1. The number of carbonyl (C=O) groups is 4. The van der Waals surface area contributed by atoms with Gasteiger partial charge in [-0.1, -0.05) is 6.07 Å². The zero-order valence-electron chi connectivity index (χ0n) is 14.4. The van der Waals surface area contributed by atoms with E-state index in [0.29, 0.717) is 10.5 Å². The SMILES string of the molecule is CC(=O)OC1C[C@](OC(C)=O)(C(=O)O)C=C(c2cccs2)[C@H]1OC(C)=O. The van der Waals surface area contributed by atoms with E-state index >= 15 is 0 Å². The summed E-state index contributed by atoms with van der Waals surface area (Å²) in [5.74, 6) is -3.52. The van der Waals surface area contributed by atoms with Crippen molar-refractivity contribution in [3.63, 3.8) is 0 Å². The van der Waals surface area contributed by atoms with Crippen molar-refractivity contribution in [2.75, 3.05) is 0 Å². The van der Waals surface area contributed by atoms with Gasteiger partial charge in [0.2, 0.25) is 5.60 Å². The number of rotatable bonds is 5. The quantitative estimate of drug-likeness (QED) is 0.605. The molecule has 26 heavy (non-hydrogen) atoms. The average Bonchev–Trinajstić information content (AvgIpc) is 3.02. The first-order valence-electron chi connectivity index (χ1n) is 7.68. The van der Waals surface area contributed by atoms with Crippen molar-refractivity contribution in [2.24, 2.45) is 0 Å². The van der Waals surface area contributed by atoms with Crippen molar-refractivity contribution in [2.45, 2.75) is 45.0 Å². The van der Waals surface area contributed by atoms with Crippen LogP contribution in [0.3, 0.4) is 0 Å². The molecule has 1 aliphatic carbocycles. The molecule has 1 aromatic heterocycles. The molecule has 140 valence electrons. The second-order valence-electron chi connectivity index (χ2n) is 5.75. The second kappa shape index (κ2) is 7.69. The van der Waals surface area contributed by atoms with Crippen LogP contribution in [0, 0.1) is 0 Å². The van der Waals surface area contributed by atoms with Gasteiger partial charge in [-0.15, -0.1) is 11.3 Å². The highest BCUT2D eigenvalue weighted by atomic mass is 32.1. The van der Waals surface area contributed by atoms with E-state index < -0.39 is 41.7 Å². The third kappa shape index (κ3) is 4.29. The first kappa shape index (κ1) is 19.6. The van der Waals surface area contributed by atoms with E-state index in [-0.39, 0.29) is 6.42 Å². The normalized spacial score (nSPS) is 25.0. The van der Waals surface area contributed by atoms with Gasteiger partial charge < -0.3 is 19.3 Å². The summed E-state index contributed by atoms with van der Waals surface area (Å²) in [4.78, 5) is 47.1. The molecular formula is C17H18O8S. The monoisotopic (exact) mass is 382 g/mol. The Morgan fingerprint density at radius 1 is 1.12 bits per heavy atom. The van der Waals surface area contributed by atoms with Crippen molar-refractivity contribution < 1.29 is 38.5 Å². The summed E-state index contributed by atoms with van der Waals surface area (Å²) in [6.45, 7) is 3.44.